The van der Waals surface area contributed by atoms with Gasteiger partial charge in [-0.05, 0) is 88.1 Å². The Morgan fingerprint density at radius 3 is 2.00 bits per heavy atom. The minimum atomic E-state index is -0.523. The van der Waals surface area contributed by atoms with Crippen LogP contribution in [-0.4, -0.2) is 19.5 Å². The first-order valence-electron chi connectivity index (χ1n) is 16.9. The van der Waals surface area contributed by atoms with Crippen LogP contribution < -0.4 is 9.47 Å². The van der Waals surface area contributed by atoms with E-state index in [1.807, 2.05) is 0 Å². The number of hydrogen-bond acceptors (Lipinski definition) is 3. The molecule has 1 fully saturated rings. The van der Waals surface area contributed by atoms with Crippen molar-refractivity contribution >= 4 is 10.8 Å². The molecule has 3 heteroatoms. The smallest absolute Gasteiger partial charge is 0.211 e. The molecule has 0 aliphatic heterocycles. The van der Waals surface area contributed by atoms with Gasteiger partial charge in [0.25, 0.3) is 0 Å². The van der Waals surface area contributed by atoms with Crippen molar-refractivity contribution in [2.75, 3.05) is 13.2 Å². The zero-order valence-electron chi connectivity index (χ0n) is 26.6. The first-order valence-corrected chi connectivity index (χ1v) is 16.9. The van der Waals surface area contributed by atoms with Gasteiger partial charge in [0.05, 0.1) is 12.5 Å². The zero-order chi connectivity index (χ0) is 30.6. The van der Waals surface area contributed by atoms with E-state index in [1.54, 1.807) is 0 Å². The highest BCUT2D eigenvalue weighted by Crippen LogP contribution is 2.47. The first-order chi connectivity index (χ1) is 22.2. The van der Waals surface area contributed by atoms with Crippen LogP contribution in [0.25, 0.3) is 21.9 Å². The SMILES string of the molecule is CCC(C)c1ccc(OC(OCCOc2ccc(C3CCCCC3)cc2)C2c3ccccc3-c3ccccc32)c2ccccc12. The lowest BCUT2D eigenvalue weighted by atomic mass is 9.84. The molecule has 0 N–H and O–H groups in total. The molecule has 45 heavy (non-hydrogen) atoms. The highest BCUT2D eigenvalue weighted by atomic mass is 16.7. The van der Waals surface area contributed by atoms with Crippen molar-refractivity contribution in [1.29, 1.82) is 0 Å². The second-order valence-electron chi connectivity index (χ2n) is 12.8. The van der Waals surface area contributed by atoms with E-state index in [9.17, 15) is 0 Å². The summed E-state index contributed by atoms with van der Waals surface area (Å²) >= 11 is 0. The van der Waals surface area contributed by atoms with E-state index >= 15 is 0 Å². The number of hydrogen-bond donors (Lipinski definition) is 0. The molecule has 0 radical (unpaired) electrons. The summed E-state index contributed by atoms with van der Waals surface area (Å²) in [4.78, 5) is 0. The molecule has 7 rings (SSSR count). The minimum Gasteiger partial charge on any atom is -0.491 e. The molecule has 0 aromatic heterocycles. The van der Waals surface area contributed by atoms with Crippen LogP contribution in [0.2, 0.25) is 0 Å². The number of ether oxygens (including phenoxy) is 3. The summed E-state index contributed by atoms with van der Waals surface area (Å²) < 4.78 is 19.8. The third kappa shape index (κ3) is 6.11. The van der Waals surface area contributed by atoms with E-state index in [1.165, 1.54) is 70.9 Å². The standard InChI is InChI=1S/C42H44O3/c1-3-29(2)33-25-26-40(37-18-10-7-15-34(33)37)45-42(41-38-19-11-8-16-35(38)36-17-9-12-20-39(36)41)44-28-27-43-32-23-21-31(22-24-32)30-13-5-4-6-14-30/h7-12,15-26,29-30,41-42H,3-6,13-14,27-28H2,1-2H3. The zero-order valence-corrected chi connectivity index (χ0v) is 26.6. The van der Waals surface area contributed by atoms with Crippen LogP contribution in [0.4, 0.5) is 0 Å². The molecule has 2 aliphatic carbocycles. The topological polar surface area (TPSA) is 27.7 Å². The predicted octanol–water partition coefficient (Wildman–Crippen LogP) is 11.0. The Labute approximate surface area is 268 Å². The minimum absolute atomic E-state index is 0.0554. The molecule has 5 aromatic rings. The maximum absolute atomic E-state index is 6.95. The summed E-state index contributed by atoms with van der Waals surface area (Å²) in [5.74, 6) is 2.85. The van der Waals surface area contributed by atoms with E-state index < -0.39 is 6.29 Å². The molecule has 0 spiro atoms. The van der Waals surface area contributed by atoms with Gasteiger partial charge in [0.1, 0.15) is 18.1 Å². The average Bonchev–Trinajstić information content (AvgIpc) is 3.44. The fourth-order valence-electron chi connectivity index (χ4n) is 7.45. The van der Waals surface area contributed by atoms with Crippen molar-refractivity contribution in [2.45, 2.75) is 76.4 Å². The van der Waals surface area contributed by atoms with Crippen molar-refractivity contribution < 1.29 is 14.2 Å². The van der Waals surface area contributed by atoms with Gasteiger partial charge in [-0.1, -0.05) is 124 Å². The largest absolute Gasteiger partial charge is 0.491 e. The predicted molar refractivity (Wildman–Crippen MR) is 185 cm³/mol. The van der Waals surface area contributed by atoms with Crippen LogP contribution in [0.5, 0.6) is 11.5 Å². The van der Waals surface area contributed by atoms with Crippen LogP contribution in [-0.2, 0) is 4.74 Å². The second-order valence-corrected chi connectivity index (χ2v) is 12.8. The highest BCUT2D eigenvalue weighted by molar-refractivity contribution is 5.91. The van der Waals surface area contributed by atoms with Crippen molar-refractivity contribution in [3.8, 4) is 22.6 Å². The van der Waals surface area contributed by atoms with Gasteiger partial charge < -0.3 is 14.2 Å². The molecule has 0 heterocycles. The van der Waals surface area contributed by atoms with E-state index in [0.29, 0.717) is 25.0 Å². The monoisotopic (exact) mass is 596 g/mol. The van der Waals surface area contributed by atoms with Gasteiger partial charge in [-0.3, -0.25) is 0 Å². The Morgan fingerprint density at radius 1 is 0.667 bits per heavy atom. The molecule has 230 valence electrons. The Bertz CT molecular complexity index is 1690. The van der Waals surface area contributed by atoms with Crippen molar-refractivity contribution in [3.05, 3.63) is 131 Å². The molecular formula is C42H44O3. The lowest BCUT2D eigenvalue weighted by molar-refractivity contribution is -0.0943. The van der Waals surface area contributed by atoms with E-state index in [2.05, 4.69) is 123 Å². The summed E-state index contributed by atoms with van der Waals surface area (Å²) in [6, 6.07) is 39.0. The van der Waals surface area contributed by atoms with E-state index in [4.69, 9.17) is 14.2 Å². The van der Waals surface area contributed by atoms with Gasteiger partial charge >= 0.3 is 0 Å². The van der Waals surface area contributed by atoms with Crippen LogP contribution in [0.3, 0.4) is 0 Å². The molecule has 0 amide bonds. The number of fused-ring (bicyclic) bond motifs is 4. The van der Waals surface area contributed by atoms with Crippen molar-refractivity contribution in [1.82, 2.24) is 0 Å². The summed E-state index contributed by atoms with van der Waals surface area (Å²) in [5, 5.41) is 2.37. The molecule has 2 aliphatic rings. The molecule has 1 saturated carbocycles. The van der Waals surface area contributed by atoms with Gasteiger partial charge in [-0.2, -0.15) is 0 Å². The van der Waals surface area contributed by atoms with Gasteiger partial charge in [0.15, 0.2) is 0 Å². The van der Waals surface area contributed by atoms with E-state index in [-0.39, 0.29) is 5.92 Å². The van der Waals surface area contributed by atoms with E-state index in [0.717, 1.165) is 23.3 Å². The third-order valence-electron chi connectivity index (χ3n) is 10.0. The van der Waals surface area contributed by atoms with Crippen LogP contribution in [0.1, 0.15) is 92.4 Å². The Balaban J connectivity index is 1.14. The quantitative estimate of drug-likeness (QED) is 0.112. The molecule has 2 atom stereocenters. The van der Waals surface area contributed by atoms with Gasteiger partial charge in [-0.15, -0.1) is 0 Å². The maximum atomic E-state index is 6.95. The lowest BCUT2D eigenvalue weighted by Gasteiger charge is -2.28. The van der Waals surface area contributed by atoms with Crippen LogP contribution in [0.15, 0.2) is 109 Å². The van der Waals surface area contributed by atoms with Gasteiger partial charge in [0.2, 0.25) is 6.29 Å². The fraction of sp³-hybridized carbons (Fsp3) is 0.333. The highest BCUT2D eigenvalue weighted by Gasteiger charge is 2.36. The summed E-state index contributed by atoms with van der Waals surface area (Å²) in [6.07, 6.45) is 7.24. The second kappa shape index (κ2) is 13.5. The molecule has 0 saturated heterocycles. The molecule has 3 nitrogen and oxygen atoms in total. The Hall–Kier alpha value is -4.08. The molecule has 2 unspecified atom stereocenters. The molecular weight excluding hydrogens is 552 g/mol. The number of rotatable bonds is 11. The molecule has 5 aromatic carbocycles. The first kappa shape index (κ1) is 29.6. The van der Waals surface area contributed by atoms with Crippen molar-refractivity contribution in [3.63, 3.8) is 0 Å². The number of benzene rings is 5. The van der Waals surface area contributed by atoms with Gasteiger partial charge in [-0.25, -0.2) is 0 Å². The normalized spacial score (nSPS) is 16.2. The fourth-order valence-corrected chi connectivity index (χ4v) is 7.45. The Morgan fingerprint density at radius 2 is 1.31 bits per heavy atom. The summed E-state index contributed by atoms with van der Waals surface area (Å²) in [6.45, 7) is 5.41. The Kier molecular flexibility index (Phi) is 8.89. The van der Waals surface area contributed by atoms with Crippen molar-refractivity contribution in [2.24, 2.45) is 0 Å². The summed E-state index contributed by atoms with van der Waals surface area (Å²) in [5.41, 5.74) is 7.78. The maximum Gasteiger partial charge on any atom is 0.211 e. The third-order valence-corrected chi connectivity index (χ3v) is 10.0. The lowest BCUT2D eigenvalue weighted by Crippen LogP contribution is -2.30. The summed E-state index contributed by atoms with van der Waals surface area (Å²) in [7, 11) is 0. The molecule has 0 bridgehead atoms. The van der Waals surface area contributed by atoms with Crippen LogP contribution in [0, 0.1) is 0 Å². The van der Waals surface area contributed by atoms with Crippen LogP contribution >= 0.6 is 0 Å². The average molecular weight is 597 g/mol. The van der Waals surface area contributed by atoms with Gasteiger partial charge in [0, 0.05) is 5.39 Å².